The van der Waals surface area contributed by atoms with Gasteiger partial charge in [-0.1, -0.05) is 29.4 Å². The molecule has 2 atom stereocenters. The molecule has 28 heavy (non-hydrogen) atoms. The standard InChI is InChI=1S/C19H21N3O5S/c1-19(18(23)21-24,28(2,25)26)12-16-11-17(22-27-16)15-5-3-13(4-6-15)14-7-9-20-10-8-14/h3-10,16,24H,11-12H2,1-2H3,(H,21,23). The highest BCUT2D eigenvalue weighted by molar-refractivity contribution is 7.92. The van der Waals surface area contributed by atoms with Crippen molar-refractivity contribution in [3.8, 4) is 11.1 Å². The van der Waals surface area contributed by atoms with Crippen molar-refractivity contribution in [1.29, 1.82) is 0 Å². The molecule has 1 amide bonds. The number of hydrogen-bond donors (Lipinski definition) is 2. The summed E-state index contributed by atoms with van der Waals surface area (Å²) >= 11 is 0. The number of carbonyl (C=O) groups excluding carboxylic acids is 1. The largest absolute Gasteiger partial charge is 0.392 e. The number of rotatable bonds is 6. The van der Waals surface area contributed by atoms with Gasteiger partial charge in [0.2, 0.25) is 0 Å². The lowest BCUT2D eigenvalue weighted by Crippen LogP contribution is -2.51. The summed E-state index contributed by atoms with van der Waals surface area (Å²) in [6, 6.07) is 11.6. The quantitative estimate of drug-likeness (QED) is 0.562. The number of aromatic nitrogens is 1. The molecule has 0 saturated carbocycles. The fraction of sp³-hybridized carbons (Fsp3) is 0.316. The molecule has 0 radical (unpaired) electrons. The fourth-order valence-corrected chi connectivity index (χ4v) is 3.94. The van der Waals surface area contributed by atoms with Crippen molar-refractivity contribution in [1.82, 2.24) is 10.5 Å². The number of nitrogens with zero attached hydrogens (tertiary/aromatic N) is 2. The van der Waals surface area contributed by atoms with Crippen LogP contribution in [0.1, 0.15) is 25.3 Å². The molecule has 9 heteroatoms. The van der Waals surface area contributed by atoms with Crippen molar-refractivity contribution in [3.63, 3.8) is 0 Å². The number of hydrogen-bond acceptors (Lipinski definition) is 7. The monoisotopic (exact) mass is 403 g/mol. The van der Waals surface area contributed by atoms with Crippen LogP contribution in [0, 0.1) is 0 Å². The van der Waals surface area contributed by atoms with Crippen LogP contribution in [0.5, 0.6) is 0 Å². The summed E-state index contributed by atoms with van der Waals surface area (Å²) in [5, 5.41) is 13.0. The van der Waals surface area contributed by atoms with E-state index >= 15 is 0 Å². The molecule has 1 aromatic carbocycles. The molecule has 8 nitrogen and oxygen atoms in total. The Labute approximate surface area is 163 Å². The zero-order chi connectivity index (χ0) is 20.4. The first-order valence-electron chi connectivity index (χ1n) is 8.62. The third-order valence-electron chi connectivity index (χ3n) is 4.98. The van der Waals surface area contributed by atoms with Gasteiger partial charge in [0, 0.05) is 31.5 Å². The summed E-state index contributed by atoms with van der Waals surface area (Å²) in [7, 11) is -3.79. The number of sulfone groups is 1. The average molecular weight is 403 g/mol. The Hall–Kier alpha value is -2.78. The summed E-state index contributed by atoms with van der Waals surface area (Å²) in [4.78, 5) is 21.3. The molecule has 1 aromatic heterocycles. The van der Waals surface area contributed by atoms with E-state index in [2.05, 4.69) is 10.1 Å². The molecule has 0 fully saturated rings. The second kappa shape index (κ2) is 7.69. The summed E-state index contributed by atoms with van der Waals surface area (Å²) in [6.07, 6.45) is 4.05. The van der Waals surface area contributed by atoms with Crippen molar-refractivity contribution in [2.45, 2.75) is 30.6 Å². The summed E-state index contributed by atoms with van der Waals surface area (Å²) in [6.45, 7) is 1.26. The predicted molar refractivity (Wildman–Crippen MR) is 103 cm³/mol. The molecule has 2 N–H and O–H groups in total. The van der Waals surface area contributed by atoms with Gasteiger partial charge in [-0.25, -0.2) is 13.9 Å². The van der Waals surface area contributed by atoms with Crippen LogP contribution in [0.2, 0.25) is 0 Å². The molecule has 2 unspecified atom stereocenters. The smallest absolute Gasteiger partial charge is 0.264 e. The molecule has 0 spiro atoms. The van der Waals surface area contributed by atoms with E-state index in [1.165, 1.54) is 12.4 Å². The van der Waals surface area contributed by atoms with Crippen LogP contribution in [0.15, 0.2) is 53.9 Å². The second-order valence-electron chi connectivity index (χ2n) is 6.93. The van der Waals surface area contributed by atoms with Crippen LogP contribution in [-0.4, -0.2) is 47.3 Å². The highest BCUT2D eigenvalue weighted by atomic mass is 32.2. The van der Waals surface area contributed by atoms with Gasteiger partial charge in [-0.2, -0.15) is 0 Å². The van der Waals surface area contributed by atoms with Gasteiger partial charge in [0.15, 0.2) is 14.6 Å². The molecular weight excluding hydrogens is 382 g/mol. The molecule has 1 aliphatic heterocycles. The minimum absolute atomic E-state index is 0.125. The second-order valence-corrected chi connectivity index (χ2v) is 9.38. The van der Waals surface area contributed by atoms with E-state index in [-0.39, 0.29) is 6.42 Å². The van der Waals surface area contributed by atoms with Crippen molar-refractivity contribution in [2.75, 3.05) is 6.26 Å². The first kappa shape index (κ1) is 20.0. The maximum Gasteiger partial charge on any atom is 0.264 e. The zero-order valence-corrected chi connectivity index (χ0v) is 16.3. The Morgan fingerprint density at radius 2 is 1.75 bits per heavy atom. The number of pyridine rings is 1. The van der Waals surface area contributed by atoms with Crippen LogP contribution in [0.3, 0.4) is 0 Å². The number of hydroxylamine groups is 1. The van der Waals surface area contributed by atoms with E-state index < -0.39 is 26.6 Å². The summed E-state index contributed by atoms with van der Waals surface area (Å²) in [5.74, 6) is -0.992. The highest BCUT2D eigenvalue weighted by Crippen LogP contribution is 2.30. The molecule has 148 valence electrons. The predicted octanol–water partition coefficient (Wildman–Crippen LogP) is 1.94. The van der Waals surface area contributed by atoms with Crippen LogP contribution >= 0.6 is 0 Å². The van der Waals surface area contributed by atoms with E-state index in [0.717, 1.165) is 22.9 Å². The Morgan fingerprint density at radius 3 is 2.32 bits per heavy atom. The maximum absolute atomic E-state index is 12.1. The van der Waals surface area contributed by atoms with Gasteiger partial charge >= 0.3 is 0 Å². The van der Waals surface area contributed by atoms with Crippen LogP contribution in [-0.2, 0) is 19.5 Å². The number of benzene rings is 1. The van der Waals surface area contributed by atoms with Crippen molar-refractivity contribution < 1.29 is 23.3 Å². The maximum atomic E-state index is 12.1. The summed E-state index contributed by atoms with van der Waals surface area (Å²) in [5.41, 5.74) is 5.04. The molecule has 0 aliphatic carbocycles. The fourth-order valence-electron chi connectivity index (χ4n) is 3.07. The van der Waals surface area contributed by atoms with Crippen molar-refractivity contribution >= 4 is 21.5 Å². The van der Waals surface area contributed by atoms with Gasteiger partial charge in [-0.05, 0) is 35.7 Å². The van der Waals surface area contributed by atoms with Gasteiger partial charge < -0.3 is 4.84 Å². The Kier molecular flexibility index (Phi) is 5.48. The van der Waals surface area contributed by atoms with Crippen LogP contribution in [0.4, 0.5) is 0 Å². The Balaban J connectivity index is 1.72. The van der Waals surface area contributed by atoms with Crippen molar-refractivity contribution in [2.24, 2.45) is 5.16 Å². The van der Waals surface area contributed by atoms with E-state index in [9.17, 15) is 13.2 Å². The average Bonchev–Trinajstić information content (AvgIpc) is 3.15. The summed E-state index contributed by atoms with van der Waals surface area (Å²) < 4.78 is 22.4. The lowest BCUT2D eigenvalue weighted by molar-refractivity contribution is -0.132. The van der Waals surface area contributed by atoms with E-state index in [1.807, 2.05) is 36.4 Å². The molecule has 3 rings (SSSR count). The Morgan fingerprint density at radius 1 is 1.18 bits per heavy atom. The molecule has 2 aromatic rings. The van der Waals surface area contributed by atoms with E-state index in [0.29, 0.717) is 12.1 Å². The number of carbonyl (C=O) groups is 1. The normalized spacial score (nSPS) is 18.7. The third-order valence-corrected chi connectivity index (χ3v) is 6.97. The first-order valence-corrected chi connectivity index (χ1v) is 10.5. The van der Waals surface area contributed by atoms with Gasteiger partial charge in [0.05, 0.1) is 5.71 Å². The van der Waals surface area contributed by atoms with Crippen molar-refractivity contribution in [3.05, 3.63) is 54.4 Å². The lowest BCUT2D eigenvalue weighted by atomic mass is 9.96. The molecule has 1 aliphatic rings. The Bertz CT molecular complexity index is 990. The van der Waals surface area contributed by atoms with E-state index in [1.54, 1.807) is 12.4 Å². The minimum Gasteiger partial charge on any atom is -0.392 e. The first-order chi connectivity index (χ1) is 13.2. The van der Waals surface area contributed by atoms with E-state index in [4.69, 9.17) is 10.0 Å². The SMILES string of the molecule is CC(CC1CC(c2ccc(-c3ccncc3)cc2)=NO1)(C(=O)NO)S(C)(=O)=O. The van der Waals surface area contributed by atoms with Gasteiger partial charge in [-0.15, -0.1) is 0 Å². The number of nitrogens with one attached hydrogen (secondary N) is 1. The van der Waals surface area contributed by atoms with Crippen LogP contribution < -0.4 is 5.48 Å². The minimum atomic E-state index is -3.79. The zero-order valence-electron chi connectivity index (χ0n) is 15.5. The van der Waals surface area contributed by atoms with Crippen LogP contribution in [0.25, 0.3) is 11.1 Å². The third kappa shape index (κ3) is 3.90. The molecular formula is C19H21N3O5S. The van der Waals surface area contributed by atoms with Gasteiger partial charge in [0.25, 0.3) is 5.91 Å². The van der Waals surface area contributed by atoms with Gasteiger partial charge in [-0.3, -0.25) is 15.0 Å². The lowest BCUT2D eigenvalue weighted by Gasteiger charge is -2.26. The molecule has 0 bridgehead atoms. The number of amides is 1. The highest BCUT2D eigenvalue weighted by Gasteiger charge is 2.47. The topological polar surface area (TPSA) is 118 Å². The number of oxime groups is 1. The van der Waals surface area contributed by atoms with Gasteiger partial charge in [0.1, 0.15) is 6.10 Å². The molecule has 2 heterocycles. The molecule has 0 saturated heterocycles.